The van der Waals surface area contributed by atoms with E-state index in [1.807, 2.05) is 5.38 Å². The number of nitrogens with zero attached hydrogens (tertiary/aromatic N) is 1. The summed E-state index contributed by atoms with van der Waals surface area (Å²) in [4.78, 5) is 26.4. The Balaban J connectivity index is 1.50. The van der Waals surface area contributed by atoms with Gasteiger partial charge in [-0.3, -0.25) is 9.59 Å². The van der Waals surface area contributed by atoms with Gasteiger partial charge in [0.2, 0.25) is 5.91 Å². The summed E-state index contributed by atoms with van der Waals surface area (Å²) in [5.41, 5.74) is 0.363. The Hall–Kier alpha value is -2.55. The van der Waals surface area contributed by atoms with Gasteiger partial charge < -0.3 is 15.0 Å². The molecular formula is C16H13F3N2O3S. The lowest BCUT2D eigenvalue weighted by Gasteiger charge is -2.37. The summed E-state index contributed by atoms with van der Waals surface area (Å²) in [5, 5.41) is 4.43. The van der Waals surface area contributed by atoms with Gasteiger partial charge in [0.15, 0.2) is 0 Å². The molecule has 1 fully saturated rings. The molecule has 2 amide bonds. The standard InChI is InChI=1S/C16H13F3N2O3S/c17-16(18,19)24-12-5-3-11(4-6-12)20-14(22)10-8-21(9-10)15(23)13-2-1-7-25-13/h1-7,10H,8-9H2,(H,20,22). The molecule has 1 aliphatic heterocycles. The molecule has 132 valence electrons. The smallest absolute Gasteiger partial charge is 0.406 e. The normalized spacial score (nSPS) is 14.8. The molecular weight excluding hydrogens is 357 g/mol. The van der Waals surface area contributed by atoms with E-state index < -0.39 is 6.36 Å². The fourth-order valence-corrected chi connectivity index (χ4v) is 3.04. The first-order chi connectivity index (χ1) is 11.8. The van der Waals surface area contributed by atoms with Crippen LogP contribution in [0, 0.1) is 5.92 Å². The minimum atomic E-state index is -4.75. The number of likely N-dealkylation sites (tertiary alicyclic amines) is 1. The van der Waals surface area contributed by atoms with Crippen LogP contribution in [0.4, 0.5) is 18.9 Å². The van der Waals surface area contributed by atoms with Gasteiger partial charge in [0.1, 0.15) is 5.75 Å². The number of hydrogen-bond acceptors (Lipinski definition) is 4. The molecule has 5 nitrogen and oxygen atoms in total. The second-order valence-corrected chi connectivity index (χ2v) is 6.39. The molecule has 1 N–H and O–H groups in total. The molecule has 2 aromatic rings. The van der Waals surface area contributed by atoms with Gasteiger partial charge in [-0.05, 0) is 35.7 Å². The second kappa shape index (κ2) is 6.75. The number of halogens is 3. The summed E-state index contributed by atoms with van der Waals surface area (Å²) in [7, 11) is 0. The van der Waals surface area contributed by atoms with Gasteiger partial charge in [0.25, 0.3) is 5.91 Å². The Labute approximate surface area is 145 Å². The van der Waals surface area contributed by atoms with Crippen molar-refractivity contribution >= 4 is 28.8 Å². The zero-order valence-electron chi connectivity index (χ0n) is 12.7. The highest BCUT2D eigenvalue weighted by Gasteiger charge is 2.36. The average Bonchev–Trinajstić information content (AvgIpc) is 3.00. The van der Waals surface area contributed by atoms with Gasteiger partial charge in [0, 0.05) is 18.8 Å². The summed E-state index contributed by atoms with van der Waals surface area (Å²) in [6.07, 6.45) is -4.75. The minimum Gasteiger partial charge on any atom is -0.406 e. The van der Waals surface area contributed by atoms with E-state index in [2.05, 4.69) is 10.1 Å². The molecule has 1 aromatic carbocycles. The molecule has 25 heavy (non-hydrogen) atoms. The second-order valence-electron chi connectivity index (χ2n) is 5.45. The lowest BCUT2D eigenvalue weighted by Crippen LogP contribution is -2.54. The van der Waals surface area contributed by atoms with E-state index in [1.165, 1.54) is 23.5 Å². The number of ether oxygens (including phenoxy) is 1. The predicted octanol–water partition coefficient (Wildman–Crippen LogP) is 3.36. The number of hydrogen-bond donors (Lipinski definition) is 1. The predicted molar refractivity (Wildman–Crippen MR) is 85.5 cm³/mol. The lowest BCUT2D eigenvalue weighted by atomic mass is 9.98. The van der Waals surface area contributed by atoms with E-state index in [4.69, 9.17) is 0 Å². The molecule has 1 aliphatic rings. The highest BCUT2D eigenvalue weighted by Crippen LogP contribution is 2.25. The number of benzene rings is 1. The molecule has 3 rings (SSSR count). The van der Waals surface area contributed by atoms with Crippen LogP contribution in [0.2, 0.25) is 0 Å². The number of carbonyl (C=O) groups is 2. The summed E-state index contributed by atoms with van der Waals surface area (Å²) >= 11 is 1.34. The van der Waals surface area contributed by atoms with E-state index in [-0.39, 0.29) is 23.5 Å². The molecule has 0 radical (unpaired) electrons. The van der Waals surface area contributed by atoms with Crippen LogP contribution in [-0.2, 0) is 4.79 Å². The molecule has 0 bridgehead atoms. The van der Waals surface area contributed by atoms with E-state index in [9.17, 15) is 22.8 Å². The van der Waals surface area contributed by atoms with Crippen molar-refractivity contribution in [3.8, 4) is 5.75 Å². The third kappa shape index (κ3) is 4.30. The molecule has 2 heterocycles. The minimum absolute atomic E-state index is 0.104. The Morgan fingerprint density at radius 1 is 1.16 bits per heavy atom. The summed E-state index contributed by atoms with van der Waals surface area (Å²) < 4.78 is 40.0. The fraction of sp³-hybridized carbons (Fsp3) is 0.250. The Bertz CT molecular complexity index is 754. The summed E-state index contributed by atoms with van der Waals surface area (Å²) in [5.74, 6) is -1.08. The zero-order valence-corrected chi connectivity index (χ0v) is 13.6. The van der Waals surface area contributed by atoms with Crippen molar-refractivity contribution in [2.24, 2.45) is 5.92 Å². The van der Waals surface area contributed by atoms with Crippen LogP contribution >= 0.6 is 11.3 Å². The number of carbonyl (C=O) groups excluding carboxylic acids is 2. The van der Waals surface area contributed by atoms with Crippen molar-refractivity contribution in [2.45, 2.75) is 6.36 Å². The van der Waals surface area contributed by atoms with Crippen LogP contribution in [0.3, 0.4) is 0 Å². The molecule has 0 aliphatic carbocycles. The van der Waals surface area contributed by atoms with E-state index in [1.54, 1.807) is 17.0 Å². The van der Waals surface area contributed by atoms with Gasteiger partial charge in [-0.25, -0.2) is 0 Å². The van der Waals surface area contributed by atoms with Crippen LogP contribution in [-0.4, -0.2) is 36.2 Å². The quantitative estimate of drug-likeness (QED) is 0.898. The van der Waals surface area contributed by atoms with Crippen LogP contribution in [0.15, 0.2) is 41.8 Å². The van der Waals surface area contributed by atoms with E-state index >= 15 is 0 Å². The Kier molecular flexibility index (Phi) is 4.67. The molecule has 9 heteroatoms. The summed E-state index contributed by atoms with van der Waals surface area (Å²) in [6, 6.07) is 8.41. The zero-order chi connectivity index (χ0) is 18.0. The molecule has 1 saturated heterocycles. The highest BCUT2D eigenvalue weighted by molar-refractivity contribution is 7.12. The largest absolute Gasteiger partial charge is 0.573 e. The molecule has 0 saturated carbocycles. The number of alkyl halides is 3. The first-order valence-electron chi connectivity index (χ1n) is 7.31. The average molecular weight is 370 g/mol. The Morgan fingerprint density at radius 2 is 1.84 bits per heavy atom. The topological polar surface area (TPSA) is 58.6 Å². The SMILES string of the molecule is O=C(Nc1ccc(OC(F)(F)F)cc1)C1CN(C(=O)c2cccs2)C1. The van der Waals surface area contributed by atoms with Crippen LogP contribution < -0.4 is 10.1 Å². The van der Waals surface area contributed by atoms with Crippen LogP contribution in [0.25, 0.3) is 0 Å². The molecule has 0 atom stereocenters. The first-order valence-corrected chi connectivity index (χ1v) is 8.19. The van der Waals surface area contributed by atoms with Crippen LogP contribution in [0.1, 0.15) is 9.67 Å². The maximum atomic E-state index is 12.1. The van der Waals surface area contributed by atoms with Crippen molar-refractivity contribution in [3.05, 3.63) is 46.7 Å². The molecule has 0 spiro atoms. The van der Waals surface area contributed by atoms with Crippen molar-refractivity contribution in [1.29, 1.82) is 0 Å². The van der Waals surface area contributed by atoms with Gasteiger partial charge in [-0.15, -0.1) is 24.5 Å². The van der Waals surface area contributed by atoms with Crippen molar-refractivity contribution in [2.75, 3.05) is 18.4 Å². The van der Waals surface area contributed by atoms with Gasteiger partial charge in [-0.1, -0.05) is 6.07 Å². The number of nitrogens with one attached hydrogen (secondary N) is 1. The molecule has 0 unspecified atom stereocenters. The third-order valence-corrected chi connectivity index (χ3v) is 4.48. The highest BCUT2D eigenvalue weighted by atomic mass is 32.1. The van der Waals surface area contributed by atoms with Gasteiger partial charge >= 0.3 is 6.36 Å². The Morgan fingerprint density at radius 3 is 2.40 bits per heavy atom. The van der Waals surface area contributed by atoms with E-state index in [0.717, 1.165) is 12.1 Å². The number of rotatable bonds is 4. The first kappa shape index (κ1) is 17.3. The number of thiophene rings is 1. The number of anilines is 1. The van der Waals surface area contributed by atoms with Crippen molar-refractivity contribution in [3.63, 3.8) is 0 Å². The van der Waals surface area contributed by atoms with E-state index in [0.29, 0.717) is 23.7 Å². The van der Waals surface area contributed by atoms with Crippen molar-refractivity contribution in [1.82, 2.24) is 4.90 Å². The number of amides is 2. The van der Waals surface area contributed by atoms with Gasteiger partial charge in [-0.2, -0.15) is 0 Å². The van der Waals surface area contributed by atoms with Crippen LogP contribution in [0.5, 0.6) is 5.75 Å². The summed E-state index contributed by atoms with van der Waals surface area (Å²) in [6.45, 7) is 0.635. The third-order valence-electron chi connectivity index (χ3n) is 3.63. The lowest BCUT2D eigenvalue weighted by molar-refractivity contribution is -0.274. The maximum Gasteiger partial charge on any atom is 0.573 e. The molecule has 1 aromatic heterocycles. The van der Waals surface area contributed by atoms with Crippen molar-refractivity contribution < 1.29 is 27.5 Å². The monoisotopic (exact) mass is 370 g/mol. The van der Waals surface area contributed by atoms with Gasteiger partial charge in [0.05, 0.1) is 10.8 Å². The fourth-order valence-electron chi connectivity index (χ4n) is 2.35. The maximum absolute atomic E-state index is 12.1.